The number of nitriles is 2. The van der Waals surface area contributed by atoms with E-state index in [0.29, 0.717) is 35.7 Å². The molecular formula is C36H36N4O4. The van der Waals surface area contributed by atoms with Crippen molar-refractivity contribution in [3.8, 4) is 45.9 Å². The SMILES string of the molecule is N#Cc1ccc(-c2ccc(OC[C@H](O)CN3CCN(C[C@@H](O)COc4ccc(-c5ccc(C#N)cc5)cc4)CC3)cc2)cc1. The van der Waals surface area contributed by atoms with Gasteiger partial charge in [-0.05, 0) is 70.8 Å². The quantitative estimate of drug-likeness (QED) is 0.248. The summed E-state index contributed by atoms with van der Waals surface area (Å²) in [6, 6.07) is 34.6. The van der Waals surface area contributed by atoms with Crippen molar-refractivity contribution in [3.05, 3.63) is 108 Å². The maximum Gasteiger partial charge on any atom is 0.119 e. The second-order valence-corrected chi connectivity index (χ2v) is 11.0. The molecule has 0 unspecified atom stereocenters. The Bertz CT molecular complexity index is 1430. The zero-order valence-electron chi connectivity index (χ0n) is 24.5. The highest BCUT2D eigenvalue weighted by atomic mass is 16.5. The van der Waals surface area contributed by atoms with Gasteiger partial charge in [0.05, 0.1) is 23.3 Å². The lowest BCUT2D eigenvalue weighted by Gasteiger charge is -2.36. The molecule has 4 aromatic rings. The van der Waals surface area contributed by atoms with Crippen LogP contribution in [0.2, 0.25) is 0 Å². The van der Waals surface area contributed by atoms with Gasteiger partial charge in [0, 0.05) is 39.3 Å². The Hall–Kier alpha value is -4.70. The molecule has 1 aliphatic heterocycles. The van der Waals surface area contributed by atoms with Crippen LogP contribution in [0, 0.1) is 22.7 Å². The molecule has 8 nitrogen and oxygen atoms in total. The number of ether oxygens (including phenoxy) is 2. The smallest absolute Gasteiger partial charge is 0.119 e. The molecule has 1 aliphatic rings. The molecule has 44 heavy (non-hydrogen) atoms. The summed E-state index contributed by atoms with van der Waals surface area (Å²) in [5, 5.41) is 39.1. The molecule has 1 heterocycles. The molecule has 5 rings (SSSR count). The van der Waals surface area contributed by atoms with Crippen LogP contribution in [0.15, 0.2) is 97.1 Å². The summed E-state index contributed by atoms with van der Waals surface area (Å²) in [5.74, 6) is 1.40. The van der Waals surface area contributed by atoms with E-state index in [0.717, 1.165) is 48.4 Å². The van der Waals surface area contributed by atoms with Crippen molar-refractivity contribution >= 4 is 0 Å². The number of benzene rings is 4. The van der Waals surface area contributed by atoms with Crippen LogP contribution in [-0.2, 0) is 0 Å². The third-order valence-corrected chi connectivity index (χ3v) is 7.69. The Balaban J connectivity index is 0.974. The number of piperazine rings is 1. The Morgan fingerprint density at radius 1 is 0.523 bits per heavy atom. The van der Waals surface area contributed by atoms with E-state index in [1.807, 2.05) is 72.8 Å². The van der Waals surface area contributed by atoms with Crippen molar-refractivity contribution in [2.45, 2.75) is 12.2 Å². The first-order chi connectivity index (χ1) is 21.5. The van der Waals surface area contributed by atoms with Crippen molar-refractivity contribution in [1.82, 2.24) is 9.80 Å². The van der Waals surface area contributed by atoms with Crippen molar-refractivity contribution in [3.63, 3.8) is 0 Å². The average molecular weight is 589 g/mol. The molecule has 0 spiro atoms. The molecule has 0 aliphatic carbocycles. The molecule has 0 aromatic heterocycles. The summed E-state index contributed by atoms with van der Waals surface area (Å²) >= 11 is 0. The second kappa shape index (κ2) is 15.2. The predicted octanol–water partition coefficient (Wildman–Crippen LogP) is 4.56. The molecule has 0 saturated carbocycles. The minimum atomic E-state index is -0.609. The van der Waals surface area contributed by atoms with E-state index in [-0.39, 0.29) is 13.2 Å². The number of nitrogens with zero attached hydrogens (tertiary/aromatic N) is 4. The van der Waals surface area contributed by atoms with E-state index in [1.165, 1.54) is 0 Å². The van der Waals surface area contributed by atoms with Gasteiger partial charge in [0.15, 0.2) is 0 Å². The first-order valence-corrected chi connectivity index (χ1v) is 14.8. The maximum absolute atomic E-state index is 10.6. The van der Waals surface area contributed by atoms with Gasteiger partial charge >= 0.3 is 0 Å². The minimum absolute atomic E-state index is 0.209. The Morgan fingerprint density at radius 2 is 0.818 bits per heavy atom. The van der Waals surface area contributed by atoms with Gasteiger partial charge in [0.1, 0.15) is 36.9 Å². The number of hydrogen-bond acceptors (Lipinski definition) is 8. The van der Waals surface area contributed by atoms with Crippen molar-refractivity contribution in [2.75, 3.05) is 52.5 Å². The molecule has 1 fully saturated rings. The number of hydrogen-bond donors (Lipinski definition) is 2. The van der Waals surface area contributed by atoms with Gasteiger partial charge in [0.25, 0.3) is 0 Å². The molecule has 2 N–H and O–H groups in total. The summed E-state index contributed by atoms with van der Waals surface area (Å²) in [7, 11) is 0. The fraction of sp³-hybridized carbons (Fsp3) is 0.278. The first kappa shape index (κ1) is 30.7. The van der Waals surface area contributed by atoms with Crippen LogP contribution in [0.3, 0.4) is 0 Å². The van der Waals surface area contributed by atoms with E-state index in [1.54, 1.807) is 24.3 Å². The molecule has 0 bridgehead atoms. The molecule has 0 amide bonds. The average Bonchev–Trinajstić information content (AvgIpc) is 3.08. The number of rotatable bonds is 12. The van der Waals surface area contributed by atoms with Gasteiger partial charge in [0.2, 0.25) is 0 Å². The third kappa shape index (κ3) is 8.67. The lowest BCUT2D eigenvalue weighted by atomic mass is 10.0. The fourth-order valence-electron chi connectivity index (χ4n) is 5.20. The lowest BCUT2D eigenvalue weighted by molar-refractivity contribution is 0.0240. The van der Waals surface area contributed by atoms with Gasteiger partial charge in [-0.3, -0.25) is 9.80 Å². The third-order valence-electron chi connectivity index (χ3n) is 7.69. The van der Waals surface area contributed by atoms with Crippen LogP contribution in [0.25, 0.3) is 22.3 Å². The van der Waals surface area contributed by atoms with E-state index in [2.05, 4.69) is 21.9 Å². The molecule has 0 radical (unpaired) electrons. The number of aliphatic hydroxyl groups excluding tert-OH is 2. The summed E-state index contributed by atoms with van der Waals surface area (Å²) in [5.41, 5.74) is 5.39. The second-order valence-electron chi connectivity index (χ2n) is 11.0. The van der Waals surface area contributed by atoms with Gasteiger partial charge in [-0.2, -0.15) is 10.5 Å². The van der Waals surface area contributed by atoms with Gasteiger partial charge in [-0.25, -0.2) is 0 Å². The molecule has 1 saturated heterocycles. The monoisotopic (exact) mass is 588 g/mol. The number of β-amino-alcohol motifs (C(OH)–C–C–N with tert-alkyl or cyclic N) is 2. The predicted molar refractivity (Wildman–Crippen MR) is 169 cm³/mol. The zero-order valence-corrected chi connectivity index (χ0v) is 24.5. The Morgan fingerprint density at radius 3 is 1.11 bits per heavy atom. The maximum atomic E-state index is 10.6. The molecule has 8 heteroatoms. The van der Waals surface area contributed by atoms with Crippen LogP contribution in [0.5, 0.6) is 11.5 Å². The fourth-order valence-corrected chi connectivity index (χ4v) is 5.20. The molecule has 2 atom stereocenters. The van der Waals surface area contributed by atoms with E-state index in [4.69, 9.17) is 20.0 Å². The highest BCUT2D eigenvalue weighted by molar-refractivity contribution is 5.65. The van der Waals surface area contributed by atoms with Gasteiger partial charge < -0.3 is 19.7 Å². The lowest BCUT2D eigenvalue weighted by Crippen LogP contribution is -2.51. The molecule has 4 aromatic carbocycles. The van der Waals surface area contributed by atoms with Crippen molar-refractivity contribution in [2.24, 2.45) is 0 Å². The normalized spacial score (nSPS) is 15.1. The Labute approximate surface area is 258 Å². The van der Waals surface area contributed by atoms with Crippen molar-refractivity contribution < 1.29 is 19.7 Å². The van der Waals surface area contributed by atoms with Crippen LogP contribution in [-0.4, -0.2) is 84.7 Å². The molecular weight excluding hydrogens is 552 g/mol. The topological polar surface area (TPSA) is 113 Å². The summed E-state index contributed by atoms with van der Waals surface area (Å²) in [6.07, 6.45) is -1.22. The van der Waals surface area contributed by atoms with Crippen LogP contribution < -0.4 is 9.47 Å². The number of aliphatic hydroxyl groups is 2. The summed E-state index contributed by atoms with van der Waals surface area (Å²) < 4.78 is 11.6. The Kier molecular flexibility index (Phi) is 10.6. The largest absolute Gasteiger partial charge is 0.491 e. The summed E-state index contributed by atoms with van der Waals surface area (Å²) in [4.78, 5) is 4.44. The van der Waals surface area contributed by atoms with E-state index in [9.17, 15) is 10.2 Å². The standard InChI is InChI=1S/C36H36N4O4/c37-21-27-1-5-29(6-2-27)31-9-13-35(14-10-31)43-25-33(41)23-39-17-19-40(20-18-39)24-34(42)26-44-36-15-11-32(12-16-36)30-7-3-28(22-38)4-8-30/h1-16,33-34,41-42H,17-20,23-26H2/t33-,34-/m1/s1. The van der Waals surface area contributed by atoms with Gasteiger partial charge in [-0.1, -0.05) is 48.5 Å². The highest BCUT2D eigenvalue weighted by Crippen LogP contribution is 2.24. The van der Waals surface area contributed by atoms with Crippen molar-refractivity contribution in [1.29, 1.82) is 10.5 Å². The van der Waals surface area contributed by atoms with Crippen LogP contribution in [0.4, 0.5) is 0 Å². The van der Waals surface area contributed by atoms with Crippen LogP contribution >= 0.6 is 0 Å². The van der Waals surface area contributed by atoms with Crippen LogP contribution in [0.1, 0.15) is 11.1 Å². The van der Waals surface area contributed by atoms with Gasteiger partial charge in [-0.15, -0.1) is 0 Å². The van der Waals surface area contributed by atoms with E-state index < -0.39 is 12.2 Å². The van der Waals surface area contributed by atoms with E-state index >= 15 is 0 Å². The summed E-state index contributed by atoms with van der Waals surface area (Å²) in [6.45, 7) is 4.70. The minimum Gasteiger partial charge on any atom is -0.491 e. The first-order valence-electron chi connectivity index (χ1n) is 14.8. The highest BCUT2D eigenvalue weighted by Gasteiger charge is 2.21. The zero-order chi connectivity index (χ0) is 30.7. The molecule has 224 valence electrons.